The van der Waals surface area contributed by atoms with Crippen molar-refractivity contribution >= 4 is 28.9 Å². The first kappa shape index (κ1) is 20.3. The molecule has 0 aliphatic carbocycles. The number of aliphatic imine (C=N–C) groups is 1. The van der Waals surface area contributed by atoms with Crippen LogP contribution in [0.2, 0.25) is 0 Å². The van der Waals surface area contributed by atoms with Crippen LogP contribution in [0, 0.1) is 0 Å². The van der Waals surface area contributed by atoms with Crippen molar-refractivity contribution in [1.29, 1.82) is 0 Å². The summed E-state index contributed by atoms with van der Waals surface area (Å²) < 4.78 is 0. The predicted octanol–water partition coefficient (Wildman–Crippen LogP) is 3.49. The molecule has 2 heterocycles. The Morgan fingerprint density at radius 3 is 2.93 bits per heavy atom. The van der Waals surface area contributed by atoms with Gasteiger partial charge in [0, 0.05) is 48.8 Å². The van der Waals surface area contributed by atoms with Crippen LogP contribution >= 0.6 is 11.3 Å². The molecule has 2 aromatic rings. The molecule has 1 aliphatic rings. The second-order valence-electron chi connectivity index (χ2n) is 7.26. The Morgan fingerprint density at radius 2 is 2.18 bits per heavy atom. The fourth-order valence-electron chi connectivity index (χ4n) is 3.22. The molecule has 6 nitrogen and oxygen atoms in total. The summed E-state index contributed by atoms with van der Waals surface area (Å²) in [6.07, 6.45) is 1.33. The summed E-state index contributed by atoms with van der Waals surface area (Å²) in [7, 11) is 0. The minimum Gasteiger partial charge on any atom is -0.357 e. The molecule has 150 valence electrons. The molecule has 1 aromatic carbocycles. The van der Waals surface area contributed by atoms with Crippen molar-refractivity contribution in [1.82, 2.24) is 15.6 Å². The number of hydrogen-bond acceptors (Lipinski definition) is 4. The van der Waals surface area contributed by atoms with Gasteiger partial charge in [-0.05, 0) is 18.6 Å². The summed E-state index contributed by atoms with van der Waals surface area (Å²) in [4.78, 5) is 21.4. The maximum Gasteiger partial charge on any atom is 0.225 e. The lowest BCUT2D eigenvalue weighted by atomic mass is 9.91. The summed E-state index contributed by atoms with van der Waals surface area (Å²) in [6.45, 7) is 8.53. The second kappa shape index (κ2) is 9.68. The molecule has 0 spiro atoms. The van der Waals surface area contributed by atoms with Crippen molar-refractivity contribution in [2.24, 2.45) is 4.99 Å². The molecule has 0 fully saturated rings. The number of amides is 1. The summed E-state index contributed by atoms with van der Waals surface area (Å²) >= 11 is 1.73. The third-order valence-electron chi connectivity index (χ3n) is 4.66. The predicted molar refractivity (Wildman–Crippen MR) is 116 cm³/mol. The van der Waals surface area contributed by atoms with Gasteiger partial charge in [0.2, 0.25) is 5.91 Å². The minimum atomic E-state index is 0.0568. The van der Waals surface area contributed by atoms with Crippen molar-refractivity contribution in [2.75, 3.05) is 25.0 Å². The number of fused-ring (bicyclic) bond motifs is 1. The van der Waals surface area contributed by atoms with Gasteiger partial charge in [0.05, 0.1) is 17.2 Å². The number of carbonyl (C=O) groups is 1. The van der Waals surface area contributed by atoms with E-state index in [4.69, 9.17) is 4.99 Å². The van der Waals surface area contributed by atoms with E-state index in [1.54, 1.807) is 11.3 Å². The van der Waals surface area contributed by atoms with Gasteiger partial charge in [-0.2, -0.15) is 0 Å². The van der Waals surface area contributed by atoms with Crippen LogP contribution in [-0.2, 0) is 11.2 Å². The van der Waals surface area contributed by atoms with Crippen molar-refractivity contribution in [3.8, 4) is 0 Å². The van der Waals surface area contributed by atoms with Crippen LogP contribution in [0.5, 0.6) is 0 Å². The number of benzene rings is 1. The molecule has 28 heavy (non-hydrogen) atoms. The van der Waals surface area contributed by atoms with Gasteiger partial charge in [-0.3, -0.25) is 9.79 Å². The zero-order valence-electron chi connectivity index (χ0n) is 16.8. The molecule has 3 N–H and O–H groups in total. The van der Waals surface area contributed by atoms with Gasteiger partial charge in [-0.1, -0.05) is 32.0 Å². The van der Waals surface area contributed by atoms with Gasteiger partial charge in [0.25, 0.3) is 0 Å². The van der Waals surface area contributed by atoms with Crippen LogP contribution in [0.4, 0.5) is 5.69 Å². The van der Waals surface area contributed by atoms with Crippen LogP contribution in [0.1, 0.15) is 55.3 Å². The van der Waals surface area contributed by atoms with Crippen molar-refractivity contribution < 1.29 is 4.79 Å². The Bertz CT molecular complexity index is 830. The molecular weight excluding hydrogens is 370 g/mol. The Labute approximate surface area is 170 Å². The number of nitrogens with one attached hydrogen (secondary N) is 3. The highest BCUT2D eigenvalue weighted by Gasteiger charge is 2.24. The SMILES string of the molecule is CCNC(=NCC1CC(=O)Nc2ccccc21)NCCc1csc(C(C)C)n1. The maximum atomic E-state index is 12.0. The van der Waals surface area contributed by atoms with Gasteiger partial charge in [-0.15, -0.1) is 11.3 Å². The summed E-state index contributed by atoms with van der Waals surface area (Å²) in [5.74, 6) is 1.42. The van der Waals surface area contributed by atoms with Crippen LogP contribution in [0.15, 0.2) is 34.6 Å². The Hall–Kier alpha value is -2.41. The molecule has 3 rings (SSSR count). The van der Waals surface area contributed by atoms with E-state index >= 15 is 0 Å². The lowest BCUT2D eigenvalue weighted by molar-refractivity contribution is -0.116. The van der Waals surface area contributed by atoms with Crippen molar-refractivity contribution in [3.63, 3.8) is 0 Å². The van der Waals surface area contributed by atoms with E-state index in [1.165, 1.54) is 5.01 Å². The molecule has 1 unspecified atom stereocenters. The lowest BCUT2D eigenvalue weighted by Crippen LogP contribution is -2.39. The van der Waals surface area contributed by atoms with Crippen molar-refractivity contribution in [2.45, 2.75) is 45.4 Å². The van der Waals surface area contributed by atoms with Crippen LogP contribution < -0.4 is 16.0 Å². The van der Waals surface area contributed by atoms with Crippen LogP contribution in [0.3, 0.4) is 0 Å². The number of nitrogens with zero attached hydrogens (tertiary/aromatic N) is 2. The van der Waals surface area contributed by atoms with Gasteiger partial charge in [-0.25, -0.2) is 4.98 Å². The van der Waals surface area contributed by atoms with E-state index in [0.717, 1.165) is 42.4 Å². The van der Waals surface area contributed by atoms with Gasteiger partial charge >= 0.3 is 0 Å². The zero-order valence-corrected chi connectivity index (χ0v) is 17.6. The highest BCUT2D eigenvalue weighted by molar-refractivity contribution is 7.09. The van der Waals surface area contributed by atoms with Crippen molar-refractivity contribution in [3.05, 3.63) is 45.9 Å². The van der Waals surface area contributed by atoms with E-state index in [2.05, 4.69) is 53.2 Å². The highest BCUT2D eigenvalue weighted by Crippen LogP contribution is 2.31. The monoisotopic (exact) mass is 399 g/mol. The molecule has 0 bridgehead atoms. The van der Waals surface area contributed by atoms with E-state index in [-0.39, 0.29) is 11.8 Å². The highest BCUT2D eigenvalue weighted by atomic mass is 32.1. The molecule has 1 amide bonds. The first-order valence-corrected chi connectivity index (χ1v) is 10.8. The second-order valence-corrected chi connectivity index (χ2v) is 8.15. The van der Waals surface area contributed by atoms with Gasteiger partial charge < -0.3 is 16.0 Å². The van der Waals surface area contributed by atoms with Gasteiger partial charge in [0.1, 0.15) is 0 Å². The molecule has 0 saturated heterocycles. The number of para-hydroxylation sites is 1. The Balaban J connectivity index is 1.59. The average Bonchev–Trinajstić information content (AvgIpc) is 3.15. The third-order valence-corrected chi connectivity index (χ3v) is 5.85. The Morgan fingerprint density at radius 1 is 1.36 bits per heavy atom. The number of anilines is 1. The molecule has 0 radical (unpaired) electrons. The van der Waals surface area contributed by atoms with E-state index in [9.17, 15) is 4.79 Å². The average molecular weight is 400 g/mol. The normalized spacial score (nSPS) is 16.6. The summed E-state index contributed by atoms with van der Waals surface area (Å²) in [5, 5.41) is 12.9. The zero-order chi connectivity index (χ0) is 19.9. The molecule has 0 saturated carbocycles. The third kappa shape index (κ3) is 5.32. The van der Waals surface area contributed by atoms with E-state index < -0.39 is 0 Å². The first-order valence-electron chi connectivity index (χ1n) is 9.92. The lowest BCUT2D eigenvalue weighted by Gasteiger charge is -2.24. The summed E-state index contributed by atoms with van der Waals surface area (Å²) in [5.41, 5.74) is 3.18. The number of aromatic nitrogens is 1. The van der Waals surface area contributed by atoms with Crippen LogP contribution in [-0.4, -0.2) is 36.5 Å². The summed E-state index contributed by atoms with van der Waals surface area (Å²) in [6, 6.07) is 7.98. The van der Waals surface area contributed by atoms with E-state index in [1.807, 2.05) is 18.2 Å². The molecule has 1 atom stereocenters. The smallest absolute Gasteiger partial charge is 0.225 e. The molecule has 1 aromatic heterocycles. The minimum absolute atomic E-state index is 0.0568. The van der Waals surface area contributed by atoms with Gasteiger partial charge in [0.15, 0.2) is 5.96 Å². The molecule has 7 heteroatoms. The number of carbonyl (C=O) groups excluding carboxylic acids is 1. The fourth-order valence-corrected chi connectivity index (χ4v) is 4.09. The topological polar surface area (TPSA) is 78.4 Å². The maximum absolute atomic E-state index is 12.0. The first-order chi connectivity index (χ1) is 13.6. The quantitative estimate of drug-likeness (QED) is 0.492. The largest absolute Gasteiger partial charge is 0.357 e. The number of guanidine groups is 1. The van der Waals surface area contributed by atoms with Crippen LogP contribution in [0.25, 0.3) is 0 Å². The molecule has 1 aliphatic heterocycles. The number of thiazole rings is 1. The Kier molecular flexibility index (Phi) is 7.03. The van der Waals surface area contributed by atoms with E-state index in [0.29, 0.717) is 18.9 Å². The fraction of sp³-hybridized carbons (Fsp3) is 0.476. The standard InChI is InChI=1S/C21H29N5OS/c1-4-22-21(23-10-9-16-13-28-20(25-16)14(2)3)24-12-15-11-19(27)26-18-8-6-5-7-17(15)18/h5-8,13-15H,4,9-12H2,1-3H3,(H,26,27)(H2,22,23,24). The number of hydrogen-bond donors (Lipinski definition) is 3. The molecular formula is C21H29N5OS. The number of rotatable bonds is 7.